The van der Waals surface area contributed by atoms with E-state index in [1.807, 2.05) is 12.1 Å². The Hall–Kier alpha value is -2.47. The van der Waals surface area contributed by atoms with Crippen LogP contribution in [0.4, 0.5) is 0 Å². The van der Waals surface area contributed by atoms with Crippen molar-refractivity contribution in [2.75, 3.05) is 13.7 Å². The standard InChI is InChI=1S/C18H20ClNO5/c1-4-23-18(21)8-7-17-20-14(12(2)25-17)11-24-15-6-5-13(10-19)9-16(15)22-3/h5-9H,4,10-11H2,1-3H3/b8-7+. The number of ether oxygens (including phenoxy) is 3. The predicted octanol–water partition coefficient (Wildman–Crippen LogP) is 3.89. The molecule has 1 heterocycles. The molecule has 0 aliphatic carbocycles. The molecule has 0 atom stereocenters. The number of carbonyl (C=O) groups is 1. The zero-order valence-electron chi connectivity index (χ0n) is 14.4. The van der Waals surface area contributed by atoms with E-state index in [-0.39, 0.29) is 6.61 Å². The molecule has 0 fully saturated rings. The highest BCUT2D eigenvalue weighted by Gasteiger charge is 2.11. The molecule has 134 valence electrons. The Morgan fingerprint density at radius 1 is 1.36 bits per heavy atom. The van der Waals surface area contributed by atoms with Crippen LogP contribution in [0, 0.1) is 6.92 Å². The van der Waals surface area contributed by atoms with Crippen LogP contribution < -0.4 is 9.47 Å². The second-order valence-corrected chi connectivity index (χ2v) is 5.32. The van der Waals surface area contributed by atoms with Crippen molar-refractivity contribution in [2.24, 2.45) is 0 Å². The lowest BCUT2D eigenvalue weighted by atomic mass is 10.2. The number of carbonyl (C=O) groups excluding carboxylic acids is 1. The summed E-state index contributed by atoms with van der Waals surface area (Å²) < 4.78 is 21.4. The summed E-state index contributed by atoms with van der Waals surface area (Å²) in [4.78, 5) is 15.6. The number of methoxy groups -OCH3 is 1. The van der Waals surface area contributed by atoms with Crippen LogP contribution in [0.3, 0.4) is 0 Å². The van der Waals surface area contributed by atoms with Crippen molar-refractivity contribution in [3.05, 3.63) is 47.2 Å². The number of benzene rings is 1. The lowest BCUT2D eigenvalue weighted by Gasteiger charge is -2.10. The van der Waals surface area contributed by atoms with Gasteiger partial charge in [-0.15, -0.1) is 11.6 Å². The molecule has 7 heteroatoms. The maximum atomic E-state index is 11.3. The highest BCUT2D eigenvalue weighted by Crippen LogP contribution is 2.29. The van der Waals surface area contributed by atoms with E-state index < -0.39 is 5.97 Å². The first kappa shape index (κ1) is 18.9. The van der Waals surface area contributed by atoms with Gasteiger partial charge in [0.2, 0.25) is 5.89 Å². The molecule has 0 amide bonds. The Labute approximate surface area is 151 Å². The second-order valence-electron chi connectivity index (χ2n) is 5.05. The molecule has 0 saturated heterocycles. The molecular formula is C18H20ClNO5. The van der Waals surface area contributed by atoms with Crippen LogP contribution in [-0.4, -0.2) is 24.7 Å². The van der Waals surface area contributed by atoms with Crippen LogP contribution in [0.15, 0.2) is 28.7 Å². The van der Waals surface area contributed by atoms with Gasteiger partial charge in [-0.25, -0.2) is 9.78 Å². The topological polar surface area (TPSA) is 70.8 Å². The molecule has 1 aromatic heterocycles. The van der Waals surface area contributed by atoms with Gasteiger partial charge in [0.25, 0.3) is 0 Å². The minimum atomic E-state index is -0.444. The third-order valence-electron chi connectivity index (χ3n) is 3.30. The Morgan fingerprint density at radius 3 is 2.84 bits per heavy atom. The summed E-state index contributed by atoms with van der Waals surface area (Å²) >= 11 is 5.82. The number of hydrogen-bond donors (Lipinski definition) is 0. The summed E-state index contributed by atoms with van der Waals surface area (Å²) in [5.41, 5.74) is 1.57. The first-order valence-corrected chi connectivity index (χ1v) is 8.27. The molecule has 0 aliphatic rings. The number of aromatic nitrogens is 1. The number of alkyl halides is 1. The summed E-state index contributed by atoms with van der Waals surface area (Å²) in [5.74, 6) is 2.06. The molecule has 0 saturated carbocycles. The predicted molar refractivity (Wildman–Crippen MR) is 93.8 cm³/mol. The summed E-state index contributed by atoms with van der Waals surface area (Å²) in [6, 6.07) is 5.49. The zero-order chi connectivity index (χ0) is 18.2. The minimum absolute atomic E-state index is 0.208. The minimum Gasteiger partial charge on any atom is -0.493 e. The van der Waals surface area contributed by atoms with Crippen molar-refractivity contribution >= 4 is 23.6 Å². The van der Waals surface area contributed by atoms with Gasteiger partial charge in [-0.3, -0.25) is 0 Å². The quantitative estimate of drug-likeness (QED) is 0.401. The van der Waals surface area contributed by atoms with E-state index >= 15 is 0 Å². The Bertz CT molecular complexity index is 754. The molecule has 0 N–H and O–H groups in total. The van der Waals surface area contributed by atoms with Crippen molar-refractivity contribution in [3.63, 3.8) is 0 Å². The van der Waals surface area contributed by atoms with Crippen molar-refractivity contribution in [3.8, 4) is 11.5 Å². The van der Waals surface area contributed by atoms with Gasteiger partial charge >= 0.3 is 5.97 Å². The van der Waals surface area contributed by atoms with Crippen molar-refractivity contribution in [1.82, 2.24) is 4.98 Å². The van der Waals surface area contributed by atoms with Crippen molar-refractivity contribution < 1.29 is 23.4 Å². The Kier molecular flexibility index (Phi) is 6.89. The van der Waals surface area contributed by atoms with Gasteiger partial charge in [0, 0.05) is 18.0 Å². The van der Waals surface area contributed by atoms with Gasteiger partial charge in [-0.2, -0.15) is 0 Å². The van der Waals surface area contributed by atoms with Crippen LogP contribution in [0.25, 0.3) is 6.08 Å². The molecule has 0 aliphatic heterocycles. The first-order chi connectivity index (χ1) is 12.1. The smallest absolute Gasteiger partial charge is 0.330 e. The van der Waals surface area contributed by atoms with Crippen molar-refractivity contribution in [1.29, 1.82) is 0 Å². The highest BCUT2D eigenvalue weighted by molar-refractivity contribution is 6.17. The number of hydrogen-bond acceptors (Lipinski definition) is 6. The molecule has 25 heavy (non-hydrogen) atoms. The SMILES string of the molecule is CCOC(=O)/C=C/c1nc(COc2ccc(CCl)cc2OC)c(C)o1. The van der Waals surface area contributed by atoms with Gasteiger partial charge in [0.1, 0.15) is 18.1 Å². The first-order valence-electron chi connectivity index (χ1n) is 7.74. The number of aryl methyl sites for hydroxylation is 1. The normalized spacial score (nSPS) is 10.9. The molecule has 2 rings (SSSR count). The van der Waals surface area contributed by atoms with Crippen LogP contribution in [-0.2, 0) is 22.0 Å². The number of esters is 1. The Morgan fingerprint density at radius 2 is 2.16 bits per heavy atom. The highest BCUT2D eigenvalue weighted by atomic mass is 35.5. The lowest BCUT2D eigenvalue weighted by molar-refractivity contribution is -0.137. The van der Waals surface area contributed by atoms with Gasteiger partial charge < -0.3 is 18.6 Å². The molecule has 0 unspecified atom stereocenters. The monoisotopic (exact) mass is 365 g/mol. The van der Waals surface area contributed by atoms with Gasteiger partial charge in [0.05, 0.1) is 13.7 Å². The number of oxazole rings is 1. The fourth-order valence-electron chi connectivity index (χ4n) is 2.05. The van der Waals surface area contributed by atoms with Crippen LogP contribution in [0.2, 0.25) is 0 Å². The second kappa shape index (κ2) is 9.13. The molecule has 6 nitrogen and oxygen atoms in total. The number of rotatable bonds is 8. The number of nitrogens with zero attached hydrogens (tertiary/aromatic N) is 1. The zero-order valence-corrected chi connectivity index (χ0v) is 15.1. The van der Waals surface area contributed by atoms with Gasteiger partial charge in [0.15, 0.2) is 11.5 Å². The lowest BCUT2D eigenvalue weighted by Crippen LogP contribution is -2.00. The molecule has 0 radical (unpaired) electrons. The maximum Gasteiger partial charge on any atom is 0.330 e. The van der Waals surface area contributed by atoms with E-state index in [0.29, 0.717) is 41.3 Å². The molecule has 0 spiro atoms. The van der Waals surface area contributed by atoms with E-state index in [1.54, 1.807) is 27.0 Å². The average Bonchev–Trinajstić information content (AvgIpc) is 2.98. The third-order valence-corrected chi connectivity index (χ3v) is 3.61. The maximum absolute atomic E-state index is 11.3. The van der Waals surface area contributed by atoms with E-state index in [9.17, 15) is 4.79 Å². The molecule has 1 aromatic carbocycles. The largest absolute Gasteiger partial charge is 0.493 e. The summed E-state index contributed by atoms with van der Waals surface area (Å²) in [6.07, 6.45) is 2.73. The van der Waals surface area contributed by atoms with Gasteiger partial charge in [-0.1, -0.05) is 6.07 Å². The fourth-order valence-corrected chi connectivity index (χ4v) is 2.21. The van der Waals surface area contributed by atoms with E-state index in [4.69, 9.17) is 30.2 Å². The van der Waals surface area contributed by atoms with Gasteiger partial charge in [-0.05, 0) is 31.5 Å². The summed E-state index contributed by atoms with van der Waals surface area (Å²) in [6.45, 7) is 4.04. The van der Waals surface area contributed by atoms with Crippen LogP contribution >= 0.6 is 11.6 Å². The molecule has 0 bridgehead atoms. The fraction of sp³-hybridized carbons (Fsp3) is 0.333. The van der Waals surface area contributed by atoms with E-state index in [2.05, 4.69) is 4.98 Å². The van der Waals surface area contributed by atoms with E-state index in [0.717, 1.165) is 5.56 Å². The molecule has 2 aromatic rings. The van der Waals surface area contributed by atoms with Crippen LogP contribution in [0.5, 0.6) is 11.5 Å². The summed E-state index contributed by atoms with van der Waals surface area (Å²) in [5, 5.41) is 0. The average molecular weight is 366 g/mol. The van der Waals surface area contributed by atoms with Crippen molar-refractivity contribution in [2.45, 2.75) is 26.3 Å². The van der Waals surface area contributed by atoms with E-state index in [1.165, 1.54) is 12.2 Å². The summed E-state index contributed by atoms with van der Waals surface area (Å²) in [7, 11) is 1.57. The van der Waals surface area contributed by atoms with Crippen LogP contribution in [0.1, 0.15) is 29.8 Å². The Balaban J connectivity index is 2.05. The number of halogens is 1. The molecular weight excluding hydrogens is 346 g/mol. The third kappa shape index (κ3) is 5.26.